The van der Waals surface area contributed by atoms with Crippen molar-refractivity contribution in [3.05, 3.63) is 30.1 Å². The van der Waals surface area contributed by atoms with E-state index in [0.717, 1.165) is 5.52 Å². The molecule has 2 fully saturated rings. The number of hydrogen-bond donors (Lipinski definition) is 1. The standard InChI is InChI=1S/C16H21N3/c1-19-11-18-13-6-5-12(10-14(13)19)16-7-3-2-4-15(16)17-9-8-16/h5-6,10-11,15,17H,2-4,7-9H2,1H3. The van der Waals surface area contributed by atoms with Gasteiger partial charge in [-0.3, -0.25) is 0 Å². The number of hydrogen-bond acceptors (Lipinski definition) is 2. The van der Waals surface area contributed by atoms with Crippen LogP contribution in [0, 0.1) is 0 Å². The fourth-order valence-electron chi connectivity index (χ4n) is 4.23. The summed E-state index contributed by atoms with van der Waals surface area (Å²) < 4.78 is 2.13. The number of aryl methyl sites for hydroxylation is 1. The highest BCUT2D eigenvalue weighted by Gasteiger charge is 2.45. The van der Waals surface area contributed by atoms with Crippen LogP contribution in [-0.4, -0.2) is 22.1 Å². The van der Waals surface area contributed by atoms with Gasteiger partial charge in [0.25, 0.3) is 0 Å². The molecule has 1 aromatic carbocycles. The van der Waals surface area contributed by atoms with Crippen molar-refractivity contribution in [2.45, 2.75) is 43.6 Å². The summed E-state index contributed by atoms with van der Waals surface area (Å²) in [5.41, 5.74) is 4.29. The van der Waals surface area contributed by atoms with Crippen molar-refractivity contribution in [2.24, 2.45) is 7.05 Å². The van der Waals surface area contributed by atoms with Crippen molar-refractivity contribution >= 4 is 11.0 Å². The van der Waals surface area contributed by atoms with E-state index in [1.165, 1.54) is 49.7 Å². The molecule has 2 aromatic rings. The van der Waals surface area contributed by atoms with Gasteiger partial charge in [-0.05, 0) is 43.5 Å². The van der Waals surface area contributed by atoms with E-state index in [-0.39, 0.29) is 0 Å². The van der Waals surface area contributed by atoms with Crippen LogP contribution < -0.4 is 5.32 Å². The molecule has 1 saturated carbocycles. The molecule has 100 valence electrons. The van der Waals surface area contributed by atoms with Gasteiger partial charge in [0, 0.05) is 18.5 Å². The van der Waals surface area contributed by atoms with Crippen LogP contribution >= 0.6 is 0 Å². The zero-order valence-corrected chi connectivity index (χ0v) is 11.5. The van der Waals surface area contributed by atoms with Crippen molar-refractivity contribution in [1.29, 1.82) is 0 Å². The van der Waals surface area contributed by atoms with Crippen molar-refractivity contribution in [3.63, 3.8) is 0 Å². The lowest BCUT2D eigenvalue weighted by molar-refractivity contribution is 0.267. The second kappa shape index (κ2) is 4.07. The molecule has 4 rings (SSSR count). The first-order chi connectivity index (χ1) is 9.29. The predicted octanol–water partition coefficient (Wildman–Crippen LogP) is 2.75. The van der Waals surface area contributed by atoms with Gasteiger partial charge in [-0.1, -0.05) is 18.9 Å². The molecule has 2 atom stereocenters. The fourth-order valence-corrected chi connectivity index (χ4v) is 4.23. The average Bonchev–Trinajstić information content (AvgIpc) is 3.03. The Kier molecular flexibility index (Phi) is 2.46. The van der Waals surface area contributed by atoms with Gasteiger partial charge in [0.15, 0.2) is 0 Å². The van der Waals surface area contributed by atoms with Gasteiger partial charge in [-0.15, -0.1) is 0 Å². The first kappa shape index (κ1) is 11.5. The van der Waals surface area contributed by atoms with Crippen molar-refractivity contribution in [1.82, 2.24) is 14.9 Å². The van der Waals surface area contributed by atoms with Crippen molar-refractivity contribution in [2.75, 3.05) is 6.54 Å². The highest BCUT2D eigenvalue weighted by atomic mass is 15.0. The van der Waals surface area contributed by atoms with Crippen molar-refractivity contribution < 1.29 is 0 Å². The maximum Gasteiger partial charge on any atom is 0.0955 e. The van der Waals surface area contributed by atoms with Crippen LogP contribution in [0.5, 0.6) is 0 Å². The molecule has 0 spiro atoms. The van der Waals surface area contributed by atoms with Crippen LogP contribution in [0.3, 0.4) is 0 Å². The molecule has 2 unspecified atom stereocenters. The number of benzene rings is 1. The van der Waals surface area contributed by atoms with Crippen LogP contribution in [-0.2, 0) is 12.5 Å². The molecule has 1 N–H and O–H groups in total. The maximum atomic E-state index is 4.44. The topological polar surface area (TPSA) is 29.9 Å². The van der Waals surface area contributed by atoms with E-state index in [1.807, 2.05) is 6.33 Å². The summed E-state index contributed by atoms with van der Waals surface area (Å²) in [6, 6.07) is 7.59. The Bertz CT molecular complexity index is 615. The maximum absolute atomic E-state index is 4.44. The minimum Gasteiger partial charge on any atom is -0.334 e. The second-order valence-corrected chi connectivity index (χ2v) is 6.22. The summed E-state index contributed by atoms with van der Waals surface area (Å²) in [6.07, 6.45) is 8.64. The molecule has 1 aliphatic heterocycles. The fraction of sp³-hybridized carbons (Fsp3) is 0.562. The third-order valence-electron chi connectivity index (χ3n) is 5.29. The van der Waals surface area contributed by atoms with Crippen LogP contribution in [0.1, 0.15) is 37.7 Å². The molecule has 2 aliphatic rings. The number of rotatable bonds is 1. The second-order valence-electron chi connectivity index (χ2n) is 6.22. The summed E-state index contributed by atoms with van der Waals surface area (Å²) in [5.74, 6) is 0. The minimum absolute atomic E-state index is 0.386. The summed E-state index contributed by atoms with van der Waals surface area (Å²) in [4.78, 5) is 4.44. The predicted molar refractivity (Wildman–Crippen MR) is 77.3 cm³/mol. The van der Waals surface area contributed by atoms with E-state index in [2.05, 4.69) is 40.1 Å². The first-order valence-corrected chi connectivity index (χ1v) is 7.45. The SMILES string of the molecule is Cn1cnc2ccc(C34CCCCC3NCC4)cc21. The zero-order chi connectivity index (χ0) is 12.9. The van der Waals surface area contributed by atoms with E-state index in [1.54, 1.807) is 0 Å². The van der Waals surface area contributed by atoms with Crippen LogP contribution in [0.2, 0.25) is 0 Å². The molecule has 1 aliphatic carbocycles. The molecule has 2 heterocycles. The third-order valence-corrected chi connectivity index (χ3v) is 5.29. The number of imidazole rings is 1. The molecule has 1 saturated heterocycles. The highest BCUT2D eigenvalue weighted by molar-refractivity contribution is 5.76. The van der Waals surface area contributed by atoms with Gasteiger partial charge in [0.1, 0.15) is 0 Å². The zero-order valence-electron chi connectivity index (χ0n) is 11.5. The molecule has 0 radical (unpaired) electrons. The van der Waals surface area contributed by atoms with Crippen LogP contribution in [0.4, 0.5) is 0 Å². The molecule has 1 aromatic heterocycles. The number of nitrogens with one attached hydrogen (secondary N) is 1. The quantitative estimate of drug-likeness (QED) is 0.849. The van der Waals surface area contributed by atoms with E-state index in [9.17, 15) is 0 Å². The Morgan fingerprint density at radius 2 is 2.26 bits per heavy atom. The Labute approximate surface area is 114 Å². The molecule has 19 heavy (non-hydrogen) atoms. The molecule has 0 amide bonds. The lowest BCUT2D eigenvalue weighted by atomic mass is 9.66. The summed E-state index contributed by atoms with van der Waals surface area (Å²) in [6.45, 7) is 1.17. The van der Waals surface area contributed by atoms with E-state index < -0.39 is 0 Å². The van der Waals surface area contributed by atoms with Gasteiger partial charge >= 0.3 is 0 Å². The van der Waals surface area contributed by atoms with Crippen molar-refractivity contribution in [3.8, 4) is 0 Å². The van der Waals surface area contributed by atoms with Gasteiger partial charge < -0.3 is 9.88 Å². The number of aromatic nitrogens is 2. The Balaban J connectivity index is 1.85. The molecule has 3 nitrogen and oxygen atoms in total. The monoisotopic (exact) mass is 255 g/mol. The van der Waals surface area contributed by atoms with Gasteiger partial charge in [-0.25, -0.2) is 4.98 Å². The summed E-state index contributed by atoms with van der Waals surface area (Å²) >= 11 is 0. The average molecular weight is 255 g/mol. The van der Waals surface area contributed by atoms with Crippen LogP contribution in [0.25, 0.3) is 11.0 Å². The Hall–Kier alpha value is -1.35. The Morgan fingerprint density at radius 1 is 1.32 bits per heavy atom. The normalized spacial score (nSPS) is 30.7. The molecule has 3 heteroatoms. The van der Waals surface area contributed by atoms with E-state index >= 15 is 0 Å². The van der Waals surface area contributed by atoms with Gasteiger partial charge in [0.05, 0.1) is 17.4 Å². The summed E-state index contributed by atoms with van der Waals surface area (Å²) in [5, 5.41) is 3.73. The van der Waals surface area contributed by atoms with Crippen LogP contribution in [0.15, 0.2) is 24.5 Å². The third kappa shape index (κ3) is 1.57. The first-order valence-electron chi connectivity index (χ1n) is 7.45. The lowest BCUT2D eigenvalue weighted by Gasteiger charge is -2.39. The molecular formula is C16H21N3. The van der Waals surface area contributed by atoms with Gasteiger partial charge in [0.2, 0.25) is 0 Å². The summed E-state index contributed by atoms with van der Waals surface area (Å²) in [7, 11) is 2.09. The van der Waals surface area contributed by atoms with E-state index in [4.69, 9.17) is 0 Å². The van der Waals surface area contributed by atoms with Gasteiger partial charge in [-0.2, -0.15) is 0 Å². The van der Waals surface area contributed by atoms with E-state index in [0.29, 0.717) is 11.5 Å². The largest absolute Gasteiger partial charge is 0.334 e. The molecular weight excluding hydrogens is 234 g/mol. The minimum atomic E-state index is 0.386. The smallest absolute Gasteiger partial charge is 0.0955 e. The lowest BCUT2D eigenvalue weighted by Crippen LogP contribution is -2.42. The number of nitrogens with zero attached hydrogens (tertiary/aromatic N) is 2. The number of fused-ring (bicyclic) bond motifs is 2. The molecule has 0 bridgehead atoms. The highest BCUT2D eigenvalue weighted by Crippen LogP contribution is 2.45. The Morgan fingerprint density at radius 3 is 3.21 bits per heavy atom.